The Morgan fingerprint density at radius 2 is 1.25 bits per heavy atom. The van der Waals surface area contributed by atoms with Crippen LogP contribution >= 0.6 is 0 Å². The molecular weight excluding hydrogens is 806 g/mol. The standard InChI is InChI=1S/C45H45N5.Pt/c1-43(2,3)29-19-22-37-34(26-29)33-20-21-35(46-41(33)50(37)42-32-16-12-11-15-31(32)39(48-42)45(7,8)9)27-23-28(25-30(24-27)44(4,5)6)40-47-36-17-13-14-18-38(36)49(40)10;/h11-22,24-26H,1-10H3;/q-2;+2. The van der Waals surface area contributed by atoms with Crippen LogP contribution in [0.5, 0.6) is 0 Å². The van der Waals surface area contributed by atoms with Gasteiger partial charge in [-0.15, -0.1) is 23.8 Å². The second-order valence-corrected chi connectivity index (χ2v) is 16.9. The normalized spacial score (nSPS) is 12.7. The predicted octanol–water partition coefficient (Wildman–Crippen LogP) is 11.2. The molecule has 0 saturated carbocycles. The summed E-state index contributed by atoms with van der Waals surface area (Å²) in [6, 6.07) is 36.4. The summed E-state index contributed by atoms with van der Waals surface area (Å²) >= 11 is 0. The molecule has 4 aromatic heterocycles. The van der Waals surface area contributed by atoms with Gasteiger partial charge in [0.1, 0.15) is 0 Å². The van der Waals surface area contributed by atoms with Gasteiger partial charge in [-0.3, -0.25) is 9.97 Å². The van der Waals surface area contributed by atoms with Crippen molar-refractivity contribution in [3.8, 4) is 28.5 Å². The molecule has 0 N–H and O–H groups in total. The van der Waals surface area contributed by atoms with Gasteiger partial charge < -0.3 is 14.1 Å². The third kappa shape index (κ3) is 5.84. The summed E-state index contributed by atoms with van der Waals surface area (Å²) in [6.45, 7) is 20.3. The van der Waals surface area contributed by atoms with Gasteiger partial charge in [0.15, 0.2) is 0 Å². The maximum Gasteiger partial charge on any atom is 2.00 e. The number of nitrogens with zero attached hydrogens (tertiary/aromatic N) is 5. The number of fused-ring (bicyclic) bond motifs is 5. The van der Waals surface area contributed by atoms with E-state index in [-0.39, 0.29) is 37.3 Å². The van der Waals surface area contributed by atoms with E-state index in [0.29, 0.717) is 0 Å². The van der Waals surface area contributed by atoms with Gasteiger partial charge in [-0.2, -0.15) is 0 Å². The quantitative estimate of drug-likeness (QED) is 0.166. The van der Waals surface area contributed by atoms with Gasteiger partial charge in [0, 0.05) is 18.1 Å². The fourth-order valence-corrected chi connectivity index (χ4v) is 7.22. The SMILES string of the molecule is Cn1c(-c2[c-]c(-c3ccc4c5cc(C(C)(C)C)ccc5n(-c5[n-]c(C(C)(C)C)c6ccccc56)c4n3)cc(C(C)(C)C)c2)nc2ccccc21.[Pt+2]. The van der Waals surface area contributed by atoms with Crippen LogP contribution in [0.15, 0.2) is 91.0 Å². The van der Waals surface area contributed by atoms with Crippen molar-refractivity contribution in [3.63, 3.8) is 0 Å². The largest absolute Gasteiger partial charge is 2.00 e. The van der Waals surface area contributed by atoms with E-state index in [2.05, 4.69) is 169 Å². The second-order valence-electron chi connectivity index (χ2n) is 16.9. The number of imidazole rings is 1. The first-order chi connectivity index (χ1) is 23.6. The predicted molar refractivity (Wildman–Crippen MR) is 209 cm³/mol. The number of pyridine rings is 1. The molecule has 0 bridgehead atoms. The zero-order valence-corrected chi connectivity index (χ0v) is 33.5. The summed E-state index contributed by atoms with van der Waals surface area (Å²) in [5, 5.41) is 4.62. The van der Waals surface area contributed by atoms with Crippen LogP contribution in [0.1, 0.15) is 79.1 Å². The van der Waals surface area contributed by atoms with Crippen molar-refractivity contribution >= 4 is 43.7 Å². The number of hydrogen-bond donors (Lipinski definition) is 0. The number of aryl methyl sites for hydroxylation is 1. The van der Waals surface area contributed by atoms with Crippen molar-refractivity contribution in [3.05, 3.63) is 114 Å². The molecular formula is C45H45N5Pt. The first-order valence-electron chi connectivity index (χ1n) is 17.6. The van der Waals surface area contributed by atoms with Gasteiger partial charge in [0.05, 0.1) is 22.5 Å². The first-order valence-corrected chi connectivity index (χ1v) is 17.6. The van der Waals surface area contributed by atoms with Crippen molar-refractivity contribution < 1.29 is 21.1 Å². The third-order valence-corrected chi connectivity index (χ3v) is 10.1. The Morgan fingerprint density at radius 3 is 1.94 bits per heavy atom. The maximum absolute atomic E-state index is 5.52. The molecule has 0 saturated heterocycles. The molecule has 0 aliphatic rings. The summed E-state index contributed by atoms with van der Waals surface area (Å²) in [4.78, 5) is 16.0. The minimum absolute atomic E-state index is 0. The molecule has 260 valence electrons. The monoisotopic (exact) mass is 850 g/mol. The van der Waals surface area contributed by atoms with Crippen LogP contribution < -0.4 is 4.98 Å². The third-order valence-electron chi connectivity index (χ3n) is 10.1. The fraction of sp³-hybridized carbons (Fsp3) is 0.289. The number of hydrogen-bond acceptors (Lipinski definition) is 2. The van der Waals surface area contributed by atoms with E-state index >= 15 is 0 Å². The average Bonchev–Trinajstić information content (AvgIpc) is 3.72. The number of benzene rings is 4. The van der Waals surface area contributed by atoms with Crippen LogP contribution in [0.4, 0.5) is 0 Å². The van der Waals surface area contributed by atoms with E-state index in [9.17, 15) is 0 Å². The van der Waals surface area contributed by atoms with Crippen LogP contribution in [0.2, 0.25) is 0 Å². The average molecular weight is 851 g/mol. The zero-order chi connectivity index (χ0) is 35.3. The Kier molecular flexibility index (Phi) is 8.26. The molecule has 0 radical (unpaired) electrons. The van der Waals surface area contributed by atoms with Gasteiger partial charge in [-0.05, 0) is 61.4 Å². The molecule has 8 rings (SSSR count). The van der Waals surface area contributed by atoms with Crippen LogP contribution in [0.3, 0.4) is 0 Å². The molecule has 4 heterocycles. The molecule has 5 nitrogen and oxygen atoms in total. The Bertz CT molecular complexity index is 2610. The minimum Gasteiger partial charge on any atom is -0.438 e. The topological polar surface area (TPSA) is 49.7 Å². The Labute approximate surface area is 315 Å². The van der Waals surface area contributed by atoms with Gasteiger partial charge >= 0.3 is 21.1 Å². The summed E-state index contributed by atoms with van der Waals surface area (Å²) in [5.74, 6) is 1.82. The van der Waals surface area contributed by atoms with E-state index in [1.54, 1.807) is 0 Å². The van der Waals surface area contributed by atoms with Crippen LogP contribution in [0, 0.1) is 6.07 Å². The summed E-state index contributed by atoms with van der Waals surface area (Å²) in [7, 11) is 2.08. The summed E-state index contributed by atoms with van der Waals surface area (Å²) in [5.41, 5.74) is 10.3. The molecule has 8 aromatic rings. The summed E-state index contributed by atoms with van der Waals surface area (Å²) < 4.78 is 4.45. The van der Waals surface area contributed by atoms with Crippen LogP contribution in [-0.4, -0.2) is 19.1 Å². The molecule has 4 aromatic carbocycles. The fourth-order valence-electron chi connectivity index (χ4n) is 7.22. The molecule has 0 spiro atoms. The van der Waals surface area contributed by atoms with E-state index < -0.39 is 0 Å². The van der Waals surface area contributed by atoms with E-state index in [1.807, 2.05) is 6.07 Å². The van der Waals surface area contributed by atoms with E-state index in [4.69, 9.17) is 15.0 Å². The molecule has 6 heteroatoms. The van der Waals surface area contributed by atoms with Gasteiger partial charge in [0.25, 0.3) is 0 Å². The van der Waals surface area contributed by atoms with Gasteiger partial charge in [-0.1, -0.05) is 146 Å². The van der Waals surface area contributed by atoms with E-state index in [1.165, 1.54) is 21.9 Å². The minimum atomic E-state index is -0.122. The number of rotatable bonds is 3. The van der Waals surface area contributed by atoms with Crippen LogP contribution in [0.25, 0.3) is 72.2 Å². The smallest absolute Gasteiger partial charge is 0.438 e. The first kappa shape index (κ1) is 35.0. The van der Waals surface area contributed by atoms with Crippen LogP contribution in [-0.2, 0) is 44.4 Å². The molecule has 0 aliphatic carbocycles. The van der Waals surface area contributed by atoms with Gasteiger partial charge in [0.2, 0.25) is 0 Å². The molecule has 0 atom stereocenters. The van der Waals surface area contributed by atoms with Crippen molar-refractivity contribution in [1.82, 2.24) is 24.1 Å². The Morgan fingerprint density at radius 1 is 0.588 bits per heavy atom. The van der Waals surface area contributed by atoms with Crippen molar-refractivity contribution in [2.75, 3.05) is 0 Å². The number of para-hydroxylation sites is 2. The Balaban J connectivity index is 0.00000406. The van der Waals surface area contributed by atoms with Crippen molar-refractivity contribution in [2.45, 2.75) is 78.6 Å². The Hall–Kier alpha value is -4.47. The van der Waals surface area contributed by atoms with E-state index in [0.717, 1.165) is 67.1 Å². The van der Waals surface area contributed by atoms with Gasteiger partial charge in [-0.25, -0.2) is 0 Å². The molecule has 0 aliphatic heterocycles. The molecule has 51 heavy (non-hydrogen) atoms. The molecule has 0 unspecified atom stereocenters. The summed E-state index contributed by atoms with van der Waals surface area (Å²) in [6.07, 6.45) is 0. The van der Waals surface area contributed by atoms with Crippen molar-refractivity contribution in [2.24, 2.45) is 7.05 Å². The second kappa shape index (κ2) is 12.1. The molecule has 0 fully saturated rings. The zero-order valence-electron chi connectivity index (χ0n) is 31.2. The number of aromatic nitrogens is 5. The maximum atomic E-state index is 5.52. The van der Waals surface area contributed by atoms with Crippen molar-refractivity contribution in [1.29, 1.82) is 0 Å². The molecule has 0 amide bonds.